The molecule has 1 saturated heterocycles. The fourth-order valence-electron chi connectivity index (χ4n) is 3.97. The van der Waals surface area contributed by atoms with E-state index in [-0.39, 0.29) is 18.4 Å². The van der Waals surface area contributed by atoms with E-state index in [1.807, 2.05) is 55.5 Å². The number of nitrogens with zero attached hydrogens (tertiary/aromatic N) is 2. The average molecular weight is 446 g/mol. The minimum Gasteiger partial charge on any atom is -0.493 e. The van der Waals surface area contributed by atoms with Crippen molar-refractivity contribution in [3.63, 3.8) is 0 Å². The van der Waals surface area contributed by atoms with Crippen LogP contribution in [0.2, 0.25) is 0 Å². The molecule has 1 aliphatic heterocycles. The summed E-state index contributed by atoms with van der Waals surface area (Å²) in [6.45, 7) is 2.65. The Morgan fingerprint density at radius 3 is 2.76 bits per heavy atom. The Morgan fingerprint density at radius 2 is 1.97 bits per heavy atom. The van der Waals surface area contributed by atoms with E-state index in [1.165, 1.54) is 0 Å². The van der Waals surface area contributed by atoms with Crippen molar-refractivity contribution in [2.45, 2.75) is 19.4 Å². The molecule has 7 heteroatoms. The molecule has 1 atom stereocenters. The van der Waals surface area contributed by atoms with E-state index in [9.17, 15) is 9.59 Å². The van der Waals surface area contributed by atoms with Gasteiger partial charge in [0.25, 0.3) is 5.91 Å². The van der Waals surface area contributed by atoms with Gasteiger partial charge < -0.3 is 19.7 Å². The molecule has 4 rings (SSSR count). The van der Waals surface area contributed by atoms with Crippen LogP contribution in [0.5, 0.6) is 11.5 Å². The Balaban J connectivity index is 1.48. The van der Waals surface area contributed by atoms with Crippen LogP contribution in [0.1, 0.15) is 11.1 Å². The molecule has 7 nitrogen and oxygen atoms in total. The third-order valence-corrected chi connectivity index (χ3v) is 5.67. The van der Waals surface area contributed by atoms with Gasteiger partial charge in [-0.25, -0.2) is 0 Å². The number of hydrogen-bond acceptors (Lipinski definition) is 5. The molecule has 1 fully saturated rings. The highest BCUT2D eigenvalue weighted by molar-refractivity contribution is 5.89. The Kier molecular flexibility index (Phi) is 6.88. The lowest BCUT2D eigenvalue weighted by Crippen LogP contribution is -2.58. The van der Waals surface area contributed by atoms with Gasteiger partial charge in [-0.1, -0.05) is 36.4 Å². The van der Waals surface area contributed by atoms with Gasteiger partial charge in [0.2, 0.25) is 5.91 Å². The molecule has 2 heterocycles. The molecule has 33 heavy (non-hydrogen) atoms. The molecule has 0 unspecified atom stereocenters. The fraction of sp³-hybridized carbons (Fsp3) is 0.269. The molecule has 1 N–H and O–H groups in total. The van der Waals surface area contributed by atoms with E-state index in [2.05, 4.69) is 10.3 Å². The lowest BCUT2D eigenvalue weighted by molar-refractivity contribution is -0.144. The number of rotatable bonds is 7. The van der Waals surface area contributed by atoms with Crippen molar-refractivity contribution in [1.82, 2.24) is 15.2 Å². The fourth-order valence-corrected chi connectivity index (χ4v) is 3.97. The van der Waals surface area contributed by atoms with Crippen LogP contribution in [0.3, 0.4) is 0 Å². The number of aromatic nitrogens is 1. The first kappa shape index (κ1) is 22.3. The van der Waals surface area contributed by atoms with Crippen LogP contribution < -0.4 is 14.8 Å². The van der Waals surface area contributed by atoms with Crippen molar-refractivity contribution in [3.8, 4) is 22.6 Å². The molecular weight excluding hydrogens is 418 g/mol. The molecule has 0 saturated carbocycles. The van der Waals surface area contributed by atoms with Crippen LogP contribution in [0.4, 0.5) is 0 Å². The number of hydrogen-bond donors (Lipinski definition) is 1. The zero-order chi connectivity index (χ0) is 23.2. The number of carbonyl (C=O) groups excluding carboxylic acids is 2. The largest absolute Gasteiger partial charge is 0.493 e. The van der Waals surface area contributed by atoms with Crippen LogP contribution in [-0.2, 0) is 16.0 Å². The summed E-state index contributed by atoms with van der Waals surface area (Å²) >= 11 is 0. The van der Waals surface area contributed by atoms with Crippen LogP contribution in [0.25, 0.3) is 11.1 Å². The normalized spacial score (nSPS) is 15.6. The molecule has 2 amide bonds. The monoisotopic (exact) mass is 445 g/mol. The van der Waals surface area contributed by atoms with Crippen molar-refractivity contribution >= 4 is 11.8 Å². The third kappa shape index (κ3) is 5.31. The Hall–Kier alpha value is -3.87. The van der Waals surface area contributed by atoms with Gasteiger partial charge in [0.05, 0.1) is 7.11 Å². The number of carbonyl (C=O) groups is 2. The maximum absolute atomic E-state index is 13.0. The predicted molar refractivity (Wildman–Crippen MR) is 125 cm³/mol. The first-order valence-electron chi connectivity index (χ1n) is 10.9. The second-order valence-electron chi connectivity index (χ2n) is 7.98. The molecule has 0 spiro atoms. The molecule has 1 aromatic heterocycles. The maximum Gasteiger partial charge on any atom is 0.261 e. The van der Waals surface area contributed by atoms with E-state index < -0.39 is 6.04 Å². The SMILES string of the molecule is COc1cc(C)ccc1OCC(=O)N1CCNC(=O)[C@H]1Cc1cccc(-c2cccnc2)c1. The second-order valence-corrected chi connectivity index (χ2v) is 7.98. The zero-order valence-electron chi connectivity index (χ0n) is 18.8. The standard InChI is InChI=1S/C26H27N3O4/c1-18-8-9-23(24(13-18)32-2)33-17-25(30)29-12-11-28-26(31)22(29)15-19-5-3-6-20(14-19)21-7-4-10-27-16-21/h3-10,13-14,16,22H,11-12,15,17H2,1-2H3,(H,28,31)/t22-/m1/s1. The summed E-state index contributed by atoms with van der Waals surface area (Å²) in [6, 6.07) is 16.8. The Morgan fingerprint density at radius 1 is 1.12 bits per heavy atom. The first-order valence-corrected chi connectivity index (χ1v) is 10.9. The van der Waals surface area contributed by atoms with Crippen LogP contribution in [-0.4, -0.2) is 54.5 Å². The number of ether oxygens (including phenoxy) is 2. The number of piperazine rings is 1. The third-order valence-electron chi connectivity index (χ3n) is 5.67. The van der Waals surface area contributed by atoms with Gasteiger partial charge in [0, 0.05) is 31.9 Å². The lowest BCUT2D eigenvalue weighted by Gasteiger charge is -2.35. The van der Waals surface area contributed by atoms with Gasteiger partial charge >= 0.3 is 0 Å². The van der Waals surface area contributed by atoms with Gasteiger partial charge in [0.15, 0.2) is 18.1 Å². The van der Waals surface area contributed by atoms with Crippen molar-refractivity contribution < 1.29 is 19.1 Å². The summed E-state index contributed by atoms with van der Waals surface area (Å²) < 4.78 is 11.1. The van der Waals surface area contributed by atoms with E-state index >= 15 is 0 Å². The maximum atomic E-state index is 13.0. The highest BCUT2D eigenvalue weighted by atomic mass is 16.5. The number of benzene rings is 2. The Labute approximate surface area is 193 Å². The minimum atomic E-state index is -0.598. The van der Waals surface area contributed by atoms with Crippen molar-refractivity contribution in [2.24, 2.45) is 0 Å². The van der Waals surface area contributed by atoms with Crippen molar-refractivity contribution in [2.75, 3.05) is 26.8 Å². The number of methoxy groups -OCH3 is 1. The summed E-state index contributed by atoms with van der Waals surface area (Å²) in [5.41, 5.74) is 4.02. The summed E-state index contributed by atoms with van der Waals surface area (Å²) in [7, 11) is 1.56. The zero-order valence-corrected chi connectivity index (χ0v) is 18.8. The van der Waals surface area contributed by atoms with Gasteiger partial charge in [0.1, 0.15) is 6.04 Å². The van der Waals surface area contributed by atoms with Gasteiger partial charge in [-0.05, 0) is 47.4 Å². The van der Waals surface area contributed by atoms with Crippen molar-refractivity contribution in [3.05, 3.63) is 78.1 Å². The Bertz CT molecular complexity index is 1130. The molecular formula is C26H27N3O4. The smallest absolute Gasteiger partial charge is 0.261 e. The number of pyridine rings is 1. The summed E-state index contributed by atoms with van der Waals surface area (Å²) in [6.07, 6.45) is 3.95. The van der Waals surface area contributed by atoms with Crippen LogP contribution in [0.15, 0.2) is 67.0 Å². The molecule has 1 aliphatic rings. The van der Waals surface area contributed by atoms with E-state index in [0.717, 1.165) is 22.3 Å². The molecule has 0 radical (unpaired) electrons. The van der Waals surface area contributed by atoms with Crippen LogP contribution in [0, 0.1) is 6.92 Å². The summed E-state index contributed by atoms with van der Waals surface area (Å²) in [4.78, 5) is 31.5. The number of nitrogens with one attached hydrogen (secondary N) is 1. The highest BCUT2D eigenvalue weighted by Gasteiger charge is 2.33. The van der Waals surface area contributed by atoms with Gasteiger partial charge in [-0.3, -0.25) is 14.6 Å². The topological polar surface area (TPSA) is 80.8 Å². The quantitative estimate of drug-likeness (QED) is 0.605. The molecule has 2 aromatic carbocycles. The average Bonchev–Trinajstić information content (AvgIpc) is 2.85. The van der Waals surface area contributed by atoms with Gasteiger partial charge in [-0.15, -0.1) is 0 Å². The molecule has 170 valence electrons. The number of aryl methyl sites for hydroxylation is 1. The van der Waals surface area contributed by atoms with Crippen molar-refractivity contribution in [1.29, 1.82) is 0 Å². The first-order chi connectivity index (χ1) is 16.0. The number of amides is 2. The summed E-state index contributed by atoms with van der Waals surface area (Å²) in [5, 5.41) is 2.88. The second kappa shape index (κ2) is 10.2. The molecule has 0 bridgehead atoms. The molecule has 0 aliphatic carbocycles. The molecule has 3 aromatic rings. The van der Waals surface area contributed by atoms with Gasteiger partial charge in [-0.2, -0.15) is 0 Å². The predicted octanol–water partition coefficient (Wildman–Crippen LogP) is 3.01. The highest BCUT2D eigenvalue weighted by Crippen LogP contribution is 2.28. The summed E-state index contributed by atoms with van der Waals surface area (Å²) in [5.74, 6) is 0.678. The van der Waals surface area contributed by atoms with E-state index in [0.29, 0.717) is 31.0 Å². The van der Waals surface area contributed by atoms with Crippen LogP contribution >= 0.6 is 0 Å². The van der Waals surface area contributed by atoms with E-state index in [1.54, 1.807) is 30.5 Å². The minimum absolute atomic E-state index is 0.158. The lowest BCUT2D eigenvalue weighted by atomic mass is 9.98. The van der Waals surface area contributed by atoms with E-state index in [4.69, 9.17) is 9.47 Å².